The Morgan fingerprint density at radius 3 is 2.35 bits per heavy atom. The van der Waals surface area contributed by atoms with Gasteiger partial charge in [0.05, 0.1) is 0 Å². The molecule has 0 aromatic heterocycles. The SMILES string of the molecule is CN(CCOC(=O)COc1ccccc1)C(C)(C)C.Cl. The number of nitrogens with zero attached hydrogens (tertiary/aromatic N) is 1. The Hall–Kier alpha value is -1.26. The number of esters is 1. The van der Waals surface area contributed by atoms with Crippen molar-refractivity contribution in [1.82, 2.24) is 4.90 Å². The molecule has 0 fully saturated rings. The Kier molecular flexibility index (Phi) is 8.26. The van der Waals surface area contributed by atoms with Crippen molar-refractivity contribution in [1.29, 1.82) is 0 Å². The first-order valence-electron chi connectivity index (χ1n) is 6.44. The Morgan fingerprint density at radius 1 is 1.20 bits per heavy atom. The van der Waals surface area contributed by atoms with Crippen molar-refractivity contribution in [3.63, 3.8) is 0 Å². The molecule has 4 nitrogen and oxygen atoms in total. The summed E-state index contributed by atoms with van der Waals surface area (Å²) in [5.41, 5.74) is 0.0763. The largest absolute Gasteiger partial charge is 0.482 e. The fourth-order valence-corrected chi connectivity index (χ4v) is 1.33. The third-order valence-corrected chi connectivity index (χ3v) is 2.93. The number of para-hydroxylation sites is 1. The zero-order valence-electron chi connectivity index (χ0n) is 12.6. The predicted molar refractivity (Wildman–Crippen MR) is 82.5 cm³/mol. The van der Waals surface area contributed by atoms with E-state index in [2.05, 4.69) is 25.7 Å². The molecule has 0 spiro atoms. The standard InChI is InChI=1S/C15H23NO3.ClH/c1-15(2,3)16(4)10-11-18-14(17)12-19-13-8-6-5-7-9-13;/h5-9H,10-12H2,1-4H3;1H. The van der Waals surface area contributed by atoms with E-state index in [9.17, 15) is 4.79 Å². The summed E-state index contributed by atoms with van der Waals surface area (Å²) < 4.78 is 10.4. The summed E-state index contributed by atoms with van der Waals surface area (Å²) in [4.78, 5) is 13.6. The number of benzene rings is 1. The fraction of sp³-hybridized carbons (Fsp3) is 0.533. The molecule has 0 unspecified atom stereocenters. The lowest BCUT2D eigenvalue weighted by molar-refractivity contribution is -0.146. The summed E-state index contributed by atoms with van der Waals surface area (Å²) in [5.74, 6) is 0.331. The average Bonchev–Trinajstić information content (AvgIpc) is 2.36. The molecule has 1 aromatic carbocycles. The van der Waals surface area contributed by atoms with Crippen LogP contribution in [0, 0.1) is 0 Å². The second-order valence-electron chi connectivity index (χ2n) is 5.41. The van der Waals surface area contributed by atoms with Gasteiger partial charge in [-0.25, -0.2) is 4.79 Å². The molecule has 1 aromatic rings. The Labute approximate surface area is 127 Å². The number of hydrogen-bond donors (Lipinski definition) is 0. The van der Waals surface area contributed by atoms with Gasteiger partial charge in [-0.05, 0) is 40.0 Å². The monoisotopic (exact) mass is 301 g/mol. The minimum Gasteiger partial charge on any atom is -0.482 e. The van der Waals surface area contributed by atoms with E-state index >= 15 is 0 Å². The molecular weight excluding hydrogens is 278 g/mol. The zero-order chi connectivity index (χ0) is 14.3. The van der Waals surface area contributed by atoms with Crippen molar-refractivity contribution in [2.24, 2.45) is 0 Å². The minimum atomic E-state index is -0.342. The van der Waals surface area contributed by atoms with Gasteiger partial charge in [0.2, 0.25) is 0 Å². The van der Waals surface area contributed by atoms with Crippen LogP contribution < -0.4 is 4.74 Å². The molecule has 0 atom stereocenters. The summed E-state index contributed by atoms with van der Waals surface area (Å²) >= 11 is 0. The highest BCUT2D eigenvalue weighted by Crippen LogP contribution is 2.10. The van der Waals surface area contributed by atoms with Crippen molar-refractivity contribution < 1.29 is 14.3 Å². The molecule has 0 aliphatic rings. The van der Waals surface area contributed by atoms with Gasteiger partial charge >= 0.3 is 5.97 Å². The van der Waals surface area contributed by atoms with Crippen molar-refractivity contribution in [3.8, 4) is 5.75 Å². The number of carbonyl (C=O) groups excluding carboxylic acids is 1. The molecule has 0 bridgehead atoms. The molecule has 0 aliphatic heterocycles. The van der Waals surface area contributed by atoms with E-state index in [1.165, 1.54) is 0 Å². The van der Waals surface area contributed by atoms with E-state index in [1.54, 1.807) is 12.1 Å². The van der Waals surface area contributed by atoms with E-state index in [0.29, 0.717) is 18.9 Å². The van der Waals surface area contributed by atoms with Crippen LogP contribution in [0.25, 0.3) is 0 Å². The minimum absolute atomic E-state index is 0. The first kappa shape index (κ1) is 18.7. The highest BCUT2D eigenvalue weighted by molar-refractivity contribution is 5.85. The molecule has 5 heteroatoms. The van der Waals surface area contributed by atoms with Crippen LogP contribution in [0.3, 0.4) is 0 Å². The van der Waals surface area contributed by atoms with Crippen LogP contribution in [0.15, 0.2) is 30.3 Å². The molecule has 0 N–H and O–H groups in total. The van der Waals surface area contributed by atoms with Crippen LogP contribution in [0.4, 0.5) is 0 Å². The van der Waals surface area contributed by atoms with Crippen LogP contribution in [-0.4, -0.2) is 43.2 Å². The number of likely N-dealkylation sites (N-methyl/N-ethyl adjacent to an activating group) is 1. The van der Waals surface area contributed by atoms with Gasteiger partial charge in [0.1, 0.15) is 12.4 Å². The molecule has 114 valence electrons. The number of halogens is 1. The molecule has 0 saturated carbocycles. The van der Waals surface area contributed by atoms with Gasteiger partial charge in [-0.15, -0.1) is 12.4 Å². The first-order chi connectivity index (χ1) is 8.89. The van der Waals surface area contributed by atoms with Gasteiger partial charge < -0.3 is 9.47 Å². The number of hydrogen-bond acceptors (Lipinski definition) is 4. The lowest BCUT2D eigenvalue weighted by Crippen LogP contribution is -2.40. The van der Waals surface area contributed by atoms with E-state index in [0.717, 1.165) is 0 Å². The van der Waals surface area contributed by atoms with Gasteiger partial charge in [0.15, 0.2) is 6.61 Å². The maximum absolute atomic E-state index is 11.5. The zero-order valence-corrected chi connectivity index (χ0v) is 13.4. The highest BCUT2D eigenvalue weighted by atomic mass is 35.5. The van der Waals surface area contributed by atoms with E-state index < -0.39 is 0 Å². The topological polar surface area (TPSA) is 38.8 Å². The molecule has 0 amide bonds. The van der Waals surface area contributed by atoms with Crippen LogP contribution >= 0.6 is 12.4 Å². The molecule has 0 saturated heterocycles. The van der Waals surface area contributed by atoms with Crippen molar-refractivity contribution >= 4 is 18.4 Å². The molecule has 0 heterocycles. The average molecular weight is 302 g/mol. The van der Waals surface area contributed by atoms with Crippen LogP contribution in [0.2, 0.25) is 0 Å². The molecule has 0 aliphatic carbocycles. The summed E-state index contributed by atoms with van der Waals surface area (Å²) in [6.07, 6.45) is 0. The van der Waals surface area contributed by atoms with E-state index in [1.807, 2.05) is 25.2 Å². The number of carbonyl (C=O) groups is 1. The predicted octanol–water partition coefficient (Wildman–Crippen LogP) is 2.76. The molecule has 0 radical (unpaired) electrons. The lowest BCUT2D eigenvalue weighted by Gasteiger charge is -2.31. The van der Waals surface area contributed by atoms with E-state index in [-0.39, 0.29) is 30.5 Å². The van der Waals surface area contributed by atoms with Gasteiger partial charge in [0, 0.05) is 12.1 Å². The number of rotatable bonds is 6. The highest BCUT2D eigenvalue weighted by Gasteiger charge is 2.16. The van der Waals surface area contributed by atoms with Crippen molar-refractivity contribution in [2.75, 3.05) is 26.8 Å². The van der Waals surface area contributed by atoms with Crippen molar-refractivity contribution in [3.05, 3.63) is 30.3 Å². The Balaban J connectivity index is 0.00000361. The molecule has 1 rings (SSSR count). The summed E-state index contributed by atoms with van der Waals surface area (Å²) in [5, 5.41) is 0. The lowest BCUT2D eigenvalue weighted by atomic mass is 10.1. The maximum Gasteiger partial charge on any atom is 0.344 e. The maximum atomic E-state index is 11.5. The van der Waals surface area contributed by atoms with E-state index in [4.69, 9.17) is 9.47 Å². The number of ether oxygens (including phenoxy) is 2. The van der Waals surface area contributed by atoms with Crippen LogP contribution in [-0.2, 0) is 9.53 Å². The normalized spacial score (nSPS) is 10.8. The van der Waals surface area contributed by atoms with Crippen LogP contribution in [0.5, 0.6) is 5.75 Å². The second kappa shape index (κ2) is 8.82. The van der Waals surface area contributed by atoms with Gasteiger partial charge in [0.25, 0.3) is 0 Å². The summed E-state index contributed by atoms with van der Waals surface area (Å²) in [6, 6.07) is 9.23. The quantitative estimate of drug-likeness (QED) is 0.757. The fourth-order valence-electron chi connectivity index (χ4n) is 1.33. The van der Waals surface area contributed by atoms with Gasteiger partial charge in [-0.1, -0.05) is 18.2 Å². The third-order valence-electron chi connectivity index (χ3n) is 2.93. The smallest absolute Gasteiger partial charge is 0.344 e. The van der Waals surface area contributed by atoms with Gasteiger partial charge in [-0.2, -0.15) is 0 Å². The first-order valence-corrected chi connectivity index (χ1v) is 6.44. The Bertz CT molecular complexity index is 390. The Morgan fingerprint density at radius 2 is 1.80 bits per heavy atom. The molecule has 20 heavy (non-hydrogen) atoms. The summed E-state index contributed by atoms with van der Waals surface area (Å²) in [7, 11) is 2.01. The van der Waals surface area contributed by atoms with Crippen LogP contribution in [0.1, 0.15) is 20.8 Å². The third kappa shape index (κ3) is 7.36. The van der Waals surface area contributed by atoms with Gasteiger partial charge in [-0.3, -0.25) is 4.90 Å². The van der Waals surface area contributed by atoms with Crippen molar-refractivity contribution in [2.45, 2.75) is 26.3 Å². The summed E-state index contributed by atoms with van der Waals surface area (Å²) in [6.45, 7) is 7.39. The molecular formula is C15H24ClNO3. The second-order valence-corrected chi connectivity index (χ2v) is 5.41.